The van der Waals surface area contributed by atoms with Crippen molar-refractivity contribution < 1.29 is 9.59 Å². The minimum absolute atomic E-state index is 0.00124. The van der Waals surface area contributed by atoms with Crippen molar-refractivity contribution in [1.29, 1.82) is 0 Å². The van der Waals surface area contributed by atoms with Crippen LogP contribution in [0.2, 0.25) is 0 Å². The summed E-state index contributed by atoms with van der Waals surface area (Å²) in [4.78, 5) is 27.5. The third-order valence-corrected chi connectivity index (χ3v) is 5.92. The van der Waals surface area contributed by atoms with E-state index in [4.69, 9.17) is 0 Å². The molecular weight excluding hydrogens is 322 g/mol. The molecule has 2 heterocycles. The Balaban J connectivity index is 1.64. The predicted molar refractivity (Wildman–Crippen MR) is 97.6 cm³/mol. The monoisotopic (exact) mass is 347 g/mol. The minimum atomic E-state index is -0.0881. The van der Waals surface area contributed by atoms with Gasteiger partial charge in [0.2, 0.25) is 5.91 Å². The van der Waals surface area contributed by atoms with Crippen LogP contribution in [0.15, 0.2) is 23.1 Å². The van der Waals surface area contributed by atoms with Gasteiger partial charge in [-0.1, -0.05) is 6.92 Å². The number of carbonyl (C=O) groups excluding carboxylic acids is 2. The molecule has 3 rings (SSSR count). The van der Waals surface area contributed by atoms with E-state index in [1.54, 1.807) is 0 Å². The van der Waals surface area contributed by atoms with Crippen molar-refractivity contribution in [2.75, 3.05) is 31.5 Å². The van der Waals surface area contributed by atoms with Crippen LogP contribution < -0.4 is 10.6 Å². The number of nitrogens with one attached hydrogen (secondary N) is 2. The van der Waals surface area contributed by atoms with Gasteiger partial charge < -0.3 is 15.5 Å². The molecule has 0 saturated carbocycles. The molecule has 1 atom stereocenters. The molecule has 24 heavy (non-hydrogen) atoms. The number of thioether (sulfide) groups is 1. The van der Waals surface area contributed by atoms with Crippen LogP contribution in [0.5, 0.6) is 0 Å². The average molecular weight is 347 g/mol. The molecule has 1 fully saturated rings. The van der Waals surface area contributed by atoms with Gasteiger partial charge >= 0.3 is 0 Å². The fourth-order valence-corrected chi connectivity index (χ4v) is 4.14. The molecule has 1 aromatic rings. The van der Waals surface area contributed by atoms with Crippen molar-refractivity contribution in [3.63, 3.8) is 0 Å². The highest BCUT2D eigenvalue weighted by Gasteiger charge is 2.26. The standard InChI is InChI=1S/C18H25N3O2S/c1-3-19-11-13-6-8-21(9-7-13)18(23)14-4-5-16-15(10-14)20-17(22)12(2)24-16/h4-5,10,12-13,19H,3,6-9,11H2,1-2H3,(H,20,22). The first-order valence-electron chi connectivity index (χ1n) is 8.70. The third kappa shape index (κ3) is 3.75. The molecule has 6 heteroatoms. The maximum absolute atomic E-state index is 12.7. The normalized spacial score (nSPS) is 21.3. The van der Waals surface area contributed by atoms with Gasteiger partial charge in [-0.25, -0.2) is 0 Å². The summed E-state index contributed by atoms with van der Waals surface area (Å²) in [7, 11) is 0. The van der Waals surface area contributed by atoms with Crippen LogP contribution in [0.25, 0.3) is 0 Å². The van der Waals surface area contributed by atoms with Gasteiger partial charge in [-0.2, -0.15) is 0 Å². The molecule has 2 aliphatic heterocycles. The van der Waals surface area contributed by atoms with Crippen molar-refractivity contribution in [2.24, 2.45) is 5.92 Å². The number of benzene rings is 1. The number of hydrogen-bond acceptors (Lipinski definition) is 4. The molecule has 1 aromatic carbocycles. The number of nitrogens with zero attached hydrogens (tertiary/aromatic N) is 1. The van der Waals surface area contributed by atoms with Crippen LogP contribution >= 0.6 is 11.8 Å². The molecule has 2 aliphatic rings. The van der Waals surface area contributed by atoms with E-state index in [1.807, 2.05) is 30.0 Å². The highest BCUT2D eigenvalue weighted by atomic mass is 32.2. The third-order valence-electron chi connectivity index (χ3n) is 4.74. The van der Waals surface area contributed by atoms with Gasteiger partial charge in [0.25, 0.3) is 5.91 Å². The van der Waals surface area contributed by atoms with Crippen LogP contribution in [-0.4, -0.2) is 48.1 Å². The first-order valence-corrected chi connectivity index (χ1v) is 9.58. The van der Waals surface area contributed by atoms with Gasteiger partial charge in [-0.05, 0) is 57.0 Å². The van der Waals surface area contributed by atoms with E-state index in [1.165, 1.54) is 11.8 Å². The molecule has 2 N–H and O–H groups in total. The van der Waals surface area contributed by atoms with Crippen LogP contribution in [0.3, 0.4) is 0 Å². The molecule has 1 unspecified atom stereocenters. The van der Waals surface area contributed by atoms with Gasteiger partial charge in [0.05, 0.1) is 10.9 Å². The zero-order chi connectivity index (χ0) is 17.1. The van der Waals surface area contributed by atoms with Crippen molar-refractivity contribution in [2.45, 2.75) is 36.8 Å². The molecule has 2 amide bonds. The summed E-state index contributed by atoms with van der Waals surface area (Å²) in [5.41, 5.74) is 1.42. The summed E-state index contributed by atoms with van der Waals surface area (Å²) < 4.78 is 0. The van der Waals surface area contributed by atoms with E-state index in [2.05, 4.69) is 17.6 Å². The maximum Gasteiger partial charge on any atom is 0.253 e. The highest BCUT2D eigenvalue weighted by molar-refractivity contribution is 8.00. The molecule has 0 aromatic heterocycles. The van der Waals surface area contributed by atoms with Crippen LogP contribution in [0.1, 0.15) is 37.0 Å². The Hall–Kier alpha value is -1.53. The molecule has 0 radical (unpaired) electrons. The summed E-state index contributed by atoms with van der Waals surface area (Å²) in [6.45, 7) is 7.66. The molecular formula is C18H25N3O2S. The largest absolute Gasteiger partial charge is 0.339 e. The Bertz CT molecular complexity index is 627. The lowest BCUT2D eigenvalue weighted by Gasteiger charge is -2.32. The fourth-order valence-electron chi connectivity index (χ4n) is 3.21. The van der Waals surface area contributed by atoms with Gasteiger partial charge in [-0.15, -0.1) is 11.8 Å². The Morgan fingerprint density at radius 1 is 1.38 bits per heavy atom. The summed E-state index contributed by atoms with van der Waals surface area (Å²) in [5, 5.41) is 6.20. The smallest absolute Gasteiger partial charge is 0.253 e. The molecule has 0 bridgehead atoms. The quantitative estimate of drug-likeness (QED) is 0.879. The fraction of sp³-hybridized carbons (Fsp3) is 0.556. The van der Waals surface area contributed by atoms with Gasteiger partial charge in [0, 0.05) is 23.5 Å². The van der Waals surface area contributed by atoms with E-state index in [0.717, 1.165) is 49.6 Å². The van der Waals surface area contributed by atoms with E-state index in [0.29, 0.717) is 11.5 Å². The first kappa shape index (κ1) is 17.3. The first-order chi connectivity index (χ1) is 11.6. The minimum Gasteiger partial charge on any atom is -0.339 e. The Morgan fingerprint density at radius 3 is 2.83 bits per heavy atom. The maximum atomic E-state index is 12.7. The van der Waals surface area contributed by atoms with E-state index in [9.17, 15) is 9.59 Å². The molecule has 0 aliphatic carbocycles. The zero-order valence-corrected chi connectivity index (χ0v) is 15.1. The Kier molecular flexibility index (Phi) is 5.46. The molecule has 130 valence electrons. The van der Waals surface area contributed by atoms with Gasteiger partial charge in [0.1, 0.15) is 0 Å². The second kappa shape index (κ2) is 7.57. The summed E-state index contributed by atoms with van der Waals surface area (Å²) in [6, 6.07) is 5.64. The van der Waals surface area contributed by atoms with E-state index >= 15 is 0 Å². The Morgan fingerprint density at radius 2 is 2.12 bits per heavy atom. The zero-order valence-electron chi connectivity index (χ0n) is 14.3. The Labute approximate surface area is 147 Å². The van der Waals surface area contributed by atoms with Crippen LogP contribution in [0.4, 0.5) is 5.69 Å². The van der Waals surface area contributed by atoms with Crippen molar-refractivity contribution >= 4 is 29.3 Å². The van der Waals surface area contributed by atoms with Crippen molar-refractivity contribution in [3.05, 3.63) is 23.8 Å². The SMILES string of the molecule is CCNCC1CCN(C(=O)c2ccc3c(c2)NC(=O)C(C)S3)CC1. The lowest BCUT2D eigenvalue weighted by Crippen LogP contribution is -2.40. The van der Waals surface area contributed by atoms with Crippen molar-refractivity contribution in [1.82, 2.24) is 10.2 Å². The van der Waals surface area contributed by atoms with Crippen LogP contribution in [-0.2, 0) is 4.79 Å². The molecule has 0 spiro atoms. The average Bonchev–Trinajstić information content (AvgIpc) is 2.60. The number of anilines is 1. The second-order valence-corrected chi connectivity index (χ2v) is 7.89. The summed E-state index contributed by atoms with van der Waals surface area (Å²) in [5.74, 6) is 0.730. The van der Waals surface area contributed by atoms with Crippen molar-refractivity contribution in [3.8, 4) is 0 Å². The predicted octanol–water partition coefficient (Wildman–Crippen LogP) is 2.58. The second-order valence-electron chi connectivity index (χ2n) is 6.50. The van der Waals surface area contributed by atoms with E-state index in [-0.39, 0.29) is 17.1 Å². The lowest BCUT2D eigenvalue weighted by atomic mass is 9.96. The number of hydrogen-bond donors (Lipinski definition) is 2. The summed E-state index contributed by atoms with van der Waals surface area (Å²) in [6.07, 6.45) is 2.10. The lowest BCUT2D eigenvalue weighted by molar-refractivity contribution is -0.115. The number of likely N-dealkylation sites (tertiary alicyclic amines) is 1. The number of carbonyl (C=O) groups is 2. The van der Waals surface area contributed by atoms with Crippen LogP contribution in [0, 0.1) is 5.92 Å². The number of amides is 2. The number of rotatable bonds is 4. The molecule has 5 nitrogen and oxygen atoms in total. The number of piperidine rings is 1. The summed E-state index contributed by atoms with van der Waals surface area (Å²) >= 11 is 1.54. The molecule has 1 saturated heterocycles. The highest BCUT2D eigenvalue weighted by Crippen LogP contribution is 2.36. The topological polar surface area (TPSA) is 61.4 Å². The number of fused-ring (bicyclic) bond motifs is 1. The van der Waals surface area contributed by atoms with Gasteiger partial charge in [-0.3, -0.25) is 9.59 Å². The van der Waals surface area contributed by atoms with Gasteiger partial charge in [0.15, 0.2) is 0 Å². The van der Waals surface area contributed by atoms with E-state index < -0.39 is 0 Å².